The molecule has 0 unspecified atom stereocenters. The molecule has 2 N–H and O–H groups in total. The predicted octanol–water partition coefficient (Wildman–Crippen LogP) is 5.25. The average molecular weight is 692 g/mol. The van der Waals surface area contributed by atoms with Crippen LogP contribution in [0.25, 0.3) is 16.3 Å². The van der Waals surface area contributed by atoms with Crippen molar-refractivity contribution in [3.8, 4) is 28.1 Å². The van der Waals surface area contributed by atoms with E-state index in [0.29, 0.717) is 46.1 Å². The lowest BCUT2D eigenvalue weighted by Crippen LogP contribution is -2.47. The lowest BCUT2D eigenvalue weighted by Gasteiger charge is -2.27. The molecule has 14 heteroatoms. The number of carbonyl (C=O) groups excluding carboxylic acids is 1. The predicted molar refractivity (Wildman–Crippen MR) is 177 cm³/mol. The molecule has 3 fully saturated rings. The summed E-state index contributed by atoms with van der Waals surface area (Å²) in [6.07, 6.45) is 7.73. The lowest BCUT2D eigenvalue weighted by atomic mass is 10.1. The number of thiophene rings is 1. The van der Waals surface area contributed by atoms with Gasteiger partial charge in [-0.2, -0.15) is 22.5 Å². The summed E-state index contributed by atoms with van der Waals surface area (Å²) in [5.41, 5.74) is 4.62. The van der Waals surface area contributed by atoms with Gasteiger partial charge < -0.3 is 4.74 Å². The Bertz CT molecular complexity index is 1700. The summed E-state index contributed by atoms with van der Waals surface area (Å²) in [5.74, 6) is 6.74. The summed E-state index contributed by atoms with van der Waals surface area (Å²) in [6.45, 7) is 2.44. The van der Waals surface area contributed by atoms with E-state index in [4.69, 9.17) is 33.0 Å². The van der Waals surface area contributed by atoms with E-state index in [1.165, 1.54) is 28.5 Å². The molecule has 0 radical (unpaired) electrons. The molecule has 1 saturated carbocycles. The van der Waals surface area contributed by atoms with Crippen LogP contribution in [-0.2, 0) is 21.5 Å². The minimum atomic E-state index is -3.87. The topological polar surface area (TPSA) is 109 Å². The zero-order valence-electron chi connectivity index (χ0n) is 24.9. The van der Waals surface area contributed by atoms with Crippen LogP contribution in [0.15, 0.2) is 30.3 Å². The lowest BCUT2D eigenvalue weighted by molar-refractivity contribution is 0.0724. The largest absolute Gasteiger partial charge is 0.379 e. The number of rotatable bonds is 8. The van der Waals surface area contributed by atoms with Gasteiger partial charge in [0.1, 0.15) is 0 Å². The summed E-state index contributed by atoms with van der Waals surface area (Å²) in [6, 6.07) is 8.95. The van der Waals surface area contributed by atoms with Crippen LogP contribution in [0.1, 0.15) is 65.9 Å². The first-order valence-electron chi connectivity index (χ1n) is 15.4. The molecule has 3 aliphatic rings. The van der Waals surface area contributed by atoms with Gasteiger partial charge >= 0.3 is 0 Å². The fourth-order valence-corrected chi connectivity index (χ4v) is 8.45. The third kappa shape index (κ3) is 7.75. The quantitative estimate of drug-likeness (QED) is 0.313. The van der Waals surface area contributed by atoms with Crippen molar-refractivity contribution in [2.75, 3.05) is 39.4 Å². The highest BCUT2D eigenvalue weighted by molar-refractivity contribution is 7.87. The monoisotopic (exact) mass is 690 g/mol. The van der Waals surface area contributed by atoms with Crippen LogP contribution < -0.4 is 10.1 Å². The van der Waals surface area contributed by atoms with Gasteiger partial charge in [0.25, 0.3) is 16.1 Å². The van der Waals surface area contributed by atoms with Crippen molar-refractivity contribution in [2.24, 2.45) is 5.92 Å². The van der Waals surface area contributed by atoms with E-state index < -0.39 is 16.1 Å². The zero-order valence-corrected chi connectivity index (χ0v) is 28.0. The molecule has 0 bridgehead atoms. The van der Waals surface area contributed by atoms with Crippen molar-refractivity contribution in [2.45, 2.75) is 51.5 Å². The van der Waals surface area contributed by atoms with Crippen molar-refractivity contribution in [1.82, 2.24) is 29.2 Å². The minimum absolute atomic E-state index is 0.109. The van der Waals surface area contributed by atoms with Gasteiger partial charge in [-0.25, -0.2) is 9.69 Å². The Hall–Kier alpha value is -2.47. The summed E-state index contributed by atoms with van der Waals surface area (Å²) in [7, 11) is -3.87. The average Bonchev–Trinajstić information content (AvgIpc) is 3.80. The molecule has 1 amide bonds. The number of hydrogen-bond donors (Lipinski definition) is 2. The first-order chi connectivity index (χ1) is 21.8. The number of ether oxygens (including phenoxy) is 1. The fourth-order valence-electron chi connectivity index (χ4n) is 5.90. The molecule has 10 nitrogen and oxygen atoms in total. The number of nitrogens with one attached hydrogen (secondary N) is 2. The van der Waals surface area contributed by atoms with Crippen LogP contribution in [0.3, 0.4) is 0 Å². The van der Waals surface area contributed by atoms with E-state index >= 15 is 0 Å². The molecule has 0 spiro atoms. The molecule has 45 heavy (non-hydrogen) atoms. The van der Waals surface area contributed by atoms with Gasteiger partial charge in [0.2, 0.25) is 0 Å². The summed E-state index contributed by atoms with van der Waals surface area (Å²) in [4.78, 5) is 15.5. The number of benzene rings is 1. The van der Waals surface area contributed by atoms with Crippen molar-refractivity contribution in [3.05, 3.63) is 56.5 Å². The zero-order chi connectivity index (χ0) is 31.4. The number of piperidine rings is 1. The number of carbonyl (C=O) groups is 1. The molecule has 240 valence electrons. The second kappa shape index (κ2) is 14.5. The number of hydrazine groups is 1. The van der Waals surface area contributed by atoms with Crippen molar-refractivity contribution in [1.29, 1.82) is 0 Å². The standard InChI is InChI=1S/C31H36Cl2N6O4S2/c32-23-9-12-27(26(33)20-23)39-30(28-13-11-24(44-28)10-8-22-6-2-3-7-22)25(21-34-45(41,42)38-16-18-43-19-17-38)29(35-39)31(40)36-37-14-4-1-5-15-37/h9,11-13,20,22,34H,1-7,14-19,21H2,(H,36,40). The van der Waals surface area contributed by atoms with Gasteiger partial charge in [0.05, 0.1) is 39.4 Å². The number of morpholine rings is 1. The highest BCUT2D eigenvalue weighted by atomic mass is 35.5. The fraction of sp³-hybridized carbons (Fsp3) is 0.484. The van der Waals surface area contributed by atoms with Crippen molar-refractivity contribution in [3.63, 3.8) is 0 Å². The minimum Gasteiger partial charge on any atom is -0.379 e. The number of aromatic nitrogens is 2. The van der Waals surface area contributed by atoms with Crippen molar-refractivity contribution >= 4 is 50.7 Å². The van der Waals surface area contributed by atoms with Crippen LogP contribution in [0.5, 0.6) is 0 Å². The molecule has 4 heterocycles. The van der Waals surface area contributed by atoms with E-state index in [1.54, 1.807) is 22.9 Å². The molecule has 1 aromatic carbocycles. The van der Waals surface area contributed by atoms with E-state index in [-0.39, 0.29) is 25.3 Å². The highest BCUT2D eigenvalue weighted by Crippen LogP contribution is 2.37. The van der Waals surface area contributed by atoms with Crippen LogP contribution in [0.2, 0.25) is 10.0 Å². The van der Waals surface area contributed by atoms with Gasteiger partial charge in [-0.3, -0.25) is 10.2 Å². The second-order valence-corrected chi connectivity index (χ2v) is 15.1. The Morgan fingerprint density at radius 1 is 1.02 bits per heavy atom. The van der Waals surface area contributed by atoms with E-state index in [9.17, 15) is 13.2 Å². The molecule has 2 saturated heterocycles. The maximum atomic E-state index is 13.9. The second-order valence-electron chi connectivity index (χ2n) is 11.4. The molecule has 2 aliphatic heterocycles. The van der Waals surface area contributed by atoms with Gasteiger partial charge in [0, 0.05) is 49.2 Å². The maximum absolute atomic E-state index is 13.9. The summed E-state index contributed by atoms with van der Waals surface area (Å²) >= 11 is 14.4. The molecule has 1 aliphatic carbocycles. The molecular formula is C31H36Cl2N6O4S2. The van der Waals surface area contributed by atoms with Gasteiger partial charge in [-0.1, -0.05) is 54.3 Å². The Labute approximate surface area is 278 Å². The van der Waals surface area contributed by atoms with E-state index in [2.05, 4.69) is 22.0 Å². The van der Waals surface area contributed by atoms with Gasteiger partial charge in [0.15, 0.2) is 5.69 Å². The molecule has 0 atom stereocenters. The molecular weight excluding hydrogens is 655 g/mol. The van der Waals surface area contributed by atoms with Gasteiger partial charge in [-0.05, 0) is 56.0 Å². The van der Waals surface area contributed by atoms with E-state index in [0.717, 1.165) is 54.9 Å². The Kier molecular flexibility index (Phi) is 10.5. The van der Waals surface area contributed by atoms with Crippen LogP contribution in [0, 0.1) is 17.8 Å². The Morgan fingerprint density at radius 2 is 1.78 bits per heavy atom. The van der Waals surface area contributed by atoms with Crippen molar-refractivity contribution < 1.29 is 17.9 Å². The summed E-state index contributed by atoms with van der Waals surface area (Å²) in [5, 5.41) is 7.49. The first kappa shape index (κ1) is 32.5. The smallest absolute Gasteiger partial charge is 0.286 e. The third-order valence-corrected chi connectivity index (χ3v) is 11.4. The van der Waals surface area contributed by atoms with Crippen LogP contribution in [-0.4, -0.2) is 72.8 Å². The number of amides is 1. The molecule has 2 aromatic heterocycles. The molecule has 3 aromatic rings. The molecule has 6 rings (SSSR count). The first-order valence-corrected chi connectivity index (χ1v) is 18.4. The number of nitrogens with zero attached hydrogens (tertiary/aromatic N) is 4. The van der Waals surface area contributed by atoms with Crippen LogP contribution in [0.4, 0.5) is 0 Å². The number of hydrogen-bond acceptors (Lipinski definition) is 7. The summed E-state index contributed by atoms with van der Waals surface area (Å²) < 4.78 is 37.8. The van der Waals surface area contributed by atoms with Crippen LogP contribution >= 0.6 is 34.5 Å². The van der Waals surface area contributed by atoms with E-state index in [1.807, 2.05) is 17.1 Å². The Balaban J connectivity index is 1.44. The Morgan fingerprint density at radius 3 is 2.51 bits per heavy atom. The third-order valence-electron chi connectivity index (χ3n) is 8.29. The van der Waals surface area contributed by atoms with Gasteiger partial charge in [-0.15, -0.1) is 11.3 Å². The highest BCUT2D eigenvalue weighted by Gasteiger charge is 2.31. The number of halogens is 2. The normalized spacial score (nSPS) is 18.5. The SMILES string of the molecule is O=C(NN1CCCCC1)c1nn(-c2ccc(Cl)cc2Cl)c(-c2ccc(C#CC3CCCC3)s2)c1CNS(=O)(=O)N1CCOCC1. The maximum Gasteiger partial charge on any atom is 0.286 e.